The van der Waals surface area contributed by atoms with Crippen LogP contribution in [0.1, 0.15) is 0 Å². The fourth-order valence-corrected chi connectivity index (χ4v) is 5.74. The van der Waals surface area contributed by atoms with Gasteiger partial charge in [-0.1, -0.05) is 152 Å². The lowest BCUT2D eigenvalue weighted by Crippen LogP contribution is -2.01. The zero-order valence-electron chi connectivity index (χ0n) is 24.8. The van der Waals surface area contributed by atoms with E-state index >= 15 is 0 Å². The smallest absolute Gasteiger partial charge is 0.165 e. The Bertz CT molecular complexity index is 2210. The molecule has 5 heteroatoms. The van der Waals surface area contributed by atoms with Gasteiger partial charge in [0.1, 0.15) is 0 Å². The molecule has 6 aromatic carbocycles. The normalized spacial score (nSPS) is 11.0. The van der Waals surface area contributed by atoms with Crippen LogP contribution in [0.3, 0.4) is 0 Å². The molecule has 0 radical (unpaired) electrons. The van der Waals surface area contributed by atoms with Gasteiger partial charge in [-0.2, -0.15) is 0 Å². The average Bonchev–Trinajstić information content (AvgIpc) is 3.15. The van der Waals surface area contributed by atoms with Crippen LogP contribution in [0.25, 0.3) is 78.6 Å². The maximum Gasteiger partial charge on any atom is 0.165 e. The Morgan fingerprint density at radius 3 is 1.33 bits per heavy atom. The number of nitrogens with zero attached hydrogens (tertiary/aromatic N) is 5. The van der Waals surface area contributed by atoms with Crippen molar-refractivity contribution in [3.8, 4) is 67.8 Å². The molecule has 216 valence electrons. The Morgan fingerprint density at radius 1 is 0.304 bits per heavy atom. The molecule has 0 amide bonds. The van der Waals surface area contributed by atoms with Crippen LogP contribution in [-0.4, -0.2) is 25.1 Å². The molecule has 0 N–H and O–H groups in total. The van der Waals surface area contributed by atoms with E-state index in [4.69, 9.17) is 15.0 Å². The molecule has 0 saturated carbocycles. The molecule has 8 rings (SSSR count). The lowest BCUT2D eigenvalue weighted by Gasteiger charge is -2.15. The second kappa shape index (κ2) is 12.0. The van der Waals surface area contributed by atoms with Crippen LogP contribution in [0.15, 0.2) is 164 Å². The predicted molar refractivity (Wildman–Crippen MR) is 186 cm³/mol. The summed E-state index contributed by atoms with van der Waals surface area (Å²) >= 11 is 0. The monoisotopic (exact) mass is 589 g/mol. The number of hydrogen-bond acceptors (Lipinski definition) is 5. The zero-order valence-corrected chi connectivity index (χ0v) is 24.8. The van der Waals surface area contributed by atoms with Crippen LogP contribution in [0.4, 0.5) is 0 Å². The molecule has 0 spiro atoms. The number of fused-ring (bicyclic) bond motifs is 1. The minimum atomic E-state index is 0.631. The Kier molecular flexibility index (Phi) is 7.09. The summed E-state index contributed by atoms with van der Waals surface area (Å²) in [5, 5.41) is 11.2. The van der Waals surface area contributed by atoms with E-state index in [1.165, 1.54) is 0 Å². The van der Waals surface area contributed by atoms with E-state index in [1.807, 2.05) is 103 Å². The topological polar surface area (TPSA) is 64.5 Å². The van der Waals surface area contributed by atoms with Crippen molar-refractivity contribution < 1.29 is 0 Å². The van der Waals surface area contributed by atoms with Gasteiger partial charge in [-0.15, -0.1) is 10.2 Å². The molecule has 0 fully saturated rings. The van der Waals surface area contributed by atoms with Crippen LogP contribution in [-0.2, 0) is 0 Å². The molecule has 0 saturated heterocycles. The number of rotatable bonds is 6. The highest BCUT2D eigenvalue weighted by atomic mass is 15.1. The molecule has 2 heterocycles. The minimum Gasteiger partial charge on any atom is -0.208 e. The van der Waals surface area contributed by atoms with Crippen molar-refractivity contribution in [2.24, 2.45) is 0 Å². The number of benzene rings is 6. The van der Waals surface area contributed by atoms with Gasteiger partial charge >= 0.3 is 0 Å². The first-order chi connectivity index (χ1) is 22.8. The second-order valence-corrected chi connectivity index (χ2v) is 11.0. The summed E-state index contributed by atoms with van der Waals surface area (Å²) in [6.45, 7) is 0. The highest BCUT2D eigenvalue weighted by Crippen LogP contribution is 2.38. The van der Waals surface area contributed by atoms with Gasteiger partial charge in [-0.3, -0.25) is 0 Å². The third-order valence-corrected chi connectivity index (χ3v) is 8.08. The standard InChI is InChI=1S/C41H27N5/c1-4-13-30(14-5-1)36-26-27-37(46-45-36)31-22-20-29(21-23-31)35-25-24-28-12-10-11-19-34(28)38(35)41-43-39(32-15-6-2-7-16-32)42-40(44-41)33-17-8-3-9-18-33/h1-27H. The summed E-state index contributed by atoms with van der Waals surface area (Å²) in [6.07, 6.45) is 0. The van der Waals surface area contributed by atoms with Crippen molar-refractivity contribution in [1.82, 2.24) is 25.1 Å². The van der Waals surface area contributed by atoms with Gasteiger partial charge in [-0.25, -0.2) is 15.0 Å². The van der Waals surface area contributed by atoms with Crippen LogP contribution in [0.5, 0.6) is 0 Å². The van der Waals surface area contributed by atoms with Gasteiger partial charge in [0.15, 0.2) is 17.5 Å². The molecule has 0 aliphatic heterocycles. The van der Waals surface area contributed by atoms with Crippen molar-refractivity contribution in [2.45, 2.75) is 0 Å². The fraction of sp³-hybridized carbons (Fsp3) is 0. The van der Waals surface area contributed by atoms with E-state index in [0.717, 1.165) is 61.1 Å². The third kappa shape index (κ3) is 5.31. The van der Waals surface area contributed by atoms with Crippen LogP contribution in [0, 0.1) is 0 Å². The minimum absolute atomic E-state index is 0.631. The van der Waals surface area contributed by atoms with Gasteiger partial charge in [0, 0.05) is 27.8 Å². The van der Waals surface area contributed by atoms with Gasteiger partial charge in [0.2, 0.25) is 0 Å². The fourth-order valence-electron chi connectivity index (χ4n) is 5.74. The van der Waals surface area contributed by atoms with Gasteiger partial charge < -0.3 is 0 Å². The van der Waals surface area contributed by atoms with E-state index in [9.17, 15) is 0 Å². The summed E-state index contributed by atoms with van der Waals surface area (Å²) in [6, 6.07) is 55.4. The van der Waals surface area contributed by atoms with Gasteiger partial charge in [-0.05, 0) is 34.0 Å². The first-order valence-corrected chi connectivity index (χ1v) is 15.2. The van der Waals surface area contributed by atoms with Crippen molar-refractivity contribution >= 4 is 10.8 Å². The number of hydrogen-bond donors (Lipinski definition) is 0. The largest absolute Gasteiger partial charge is 0.208 e. The van der Waals surface area contributed by atoms with Crippen molar-refractivity contribution in [1.29, 1.82) is 0 Å². The van der Waals surface area contributed by atoms with E-state index < -0.39 is 0 Å². The molecule has 8 aromatic rings. The van der Waals surface area contributed by atoms with E-state index in [-0.39, 0.29) is 0 Å². The Hall–Kier alpha value is -6.33. The average molecular weight is 590 g/mol. The Balaban J connectivity index is 1.25. The first kappa shape index (κ1) is 27.2. The zero-order chi connectivity index (χ0) is 30.7. The lowest BCUT2D eigenvalue weighted by atomic mass is 9.93. The lowest BCUT2D eigenvalue weighted by molar-refractivity contribution is 1.04. The molecule has 0 unspecified atom stereocenters. The molecule has 0 aliphatic carbocycles. The van der Waals surface area contributed by atoms with Gasteiger partial charge in [0.25, 0.3) is 0 Å². The summed E-state index contributed by atoms with van der Waals surface area (Å²) in [5.74, 6) is 1.90. The quantitative estimate of drug-likeness (QED) is 0.193. The second-order valence-electron chi connectivity index (χ2n) is 11.0. The van der Waals surface area contributed by atoms with Crippen LogP contribution in [0.2, 0.25) is 0 Å². The van der Waals surface area contributed by atoms with Crippen LogP contribution >= 0.6 is 0 Å². The van der Waals surface area contributed by atoms with Gasteiger partial charge in [0.05, 0.1) is 11.4 Å². The number of aromatic nitrogens is 5. The molecule has 5 nitrogen and oxygen atoms in total. The molecular formula is C41H27N5. The highest BCUT2D eigenvalue weighted by molar-refractivity contribution is 6.03. The molecular weight excluding hydrogens is 562 g/mol. The molecule has 0 atom stereocenters. The molecule has 2 aromatic heterocycles. The summed E-state index contributed by atoms with van der Waals surface area (Å²) in [5.41, 5.74) is 8.66. The molecule has 0 aliphatic rings. The van der Waals surface area contributed by atoms with E-state index in [2.05, 4.69) is 70.9 Å². The van der Waals surface area contributed by atoms with Crippen molar-refractivity contribution in [3.05, 3.63) is 164 Å². The maximum atomic E-state index is 5.09. The Labute approximate surface area is 267 Å². The van der Waals surface area contributed by atoms with Crippen LogP contribution < -0.4 is 0 Å². The first-order valence-electron chi connectivity index (χ1n) is 15.2. The van der Waals surface area contributed by atoms with E-state index in [0.29, 0.717) is 17.5 Å². The molecule has 0 bridgehead atoms. The summed E-state index contributed by atoms with van der Waals surface area (Å²) in [4.78, 5) is 15.1. The molecule has 46 heavy (non-hydrogen) atoms. The predicted octanol–water partition coefficient (Wildman–Crippen LogP) is 9.82. The summed E-state index contributed by atoms with van der Waals surface area (Å²) < 4.78 is 0. The van der Waals surface area contributed by atoms with Crippen molar-refractivity contribution in [3.63, 3.8) is 0 Å². The third-order valence-electron chi connectivity index (χ3n) is 8.08. The Morgan fingerprint density at radius 2 is 0.761 bits per heavy atom. The highest BCUT2D eigenvalue weighted by Gasteiger charge is 2.18. The van der Waals surface area contributed by atoms with E-state index in [1.54, 1.807) is 0 Å². The maximum absolute atomic E-state index is 5.09. The SMILES string of the molecule is c1ccc(-c2ccc(-c3ccc(-c4ccc5ccccc5c4-c4nc(-c5ccccc5)nc(-c5ccccc5)n4)cc3)nn2)cc1. The van der Waals surface area contributed by atoms with Crippen molar-refractivity contribution in [2.75, 3.05) is 0 Å². The summed E-state index contributed by atoms with van der Waals surface area (Å²) in [7, 11) is 0.